The zero-order valence-corrected chi connectivity index (χ0v) is 17.8. The van der Waals surface area contributed by atoms with Crippen molar-refractivity contribution in [1.82, 2.24) is 9.80 Å². The minimum Gasteiger partial charge on any atom is -0.339 e. The minimum atomic E-state index is -0.0181. The summed E-state index contributed by atoms with van der Waals surface area (Å²) in [5, 5.41) is 0. The lowest BCUT2D eigenvalue weighted by Gasteiger charge is -2.35. The standard InChI is InChI=1S/C25H29N3O3/c29-23(9-4-8-20-6-2-1-3-7-20)26-16-18-27(19-17-26)25(31)21-11-13-22(14-12-21)28-15-5-10-24(28)30/h1-3,6-7,11-14H,4-5,8-10,15-19H2. The first-order chi connectivity index (χ1) is 15.1. The summed E-state index contributed by atoms with van der Waals surface area (Å²) in [5.74, 6) is 0.293. The van der Waals surface area contributed by atoms with E-state index in [2.05, 4.69) is 12.1 Å². The fourth-order valence-electron chi connectivity index (χ4n) is 4.29. The molecule has 6 nitrogen and oxygen atoms in total. The number of anilines is 1. The highest BCUT2D eigenvalue weighted by Crippen LogP contribution is 2.22. The summed E-state index contributed by atoms with van der Waals surface area (Å²) in [4.78, 5) is 42.7. The van der Waals surface area contributed by atoms with Gasteiger partial charge in [0.2, 0.25) is 11.8 Å². The van der Waals surface area contributed by atoms with Gasteiger partial charge in [-0.2, -0.15) is 0 Å². The molecule has 2 aromatic carbocycles. The molecule has 0 unspecified atom stereocenters. The summed E-state index contributed by atoms with van der Waals surface area (Å²) < 4.78 is 0. The molecule has 2 aliphatic heterocycles. The molecule has 0 spiro atoms. The van der Waals surface area contributed by atoms with E-state index in [4.69, 9.17) is 0 Å². The maximum absolute atomic E-state index is 12.8. The lowest BCUT2D eigenvalue weighted by Crippen LogP contribution is -2.50. The van der Waals surface area contributed by atoms with Crippen LogP contribution in [0.4, 0.5) is 5.69 Å². The Hall–Kier alpha value is -3.15. The lowest BCUT2D eigenvalue weighted by molar-refractivity contribution is -0.132. The van der Waals surface area contributed by atoms with Crippen molar-refractivity contribution in [3.05, 3.63) is 65.7 Å². The Labute approximate surface area is 183 Å². The molecular weight excluding hydrogens is 390 g/mol. The van der Waals surface area contributed by atoms with Crippen molar-refractivity contribution < 1.29 is 14.4 Å². The number of hydrogen-bond donors (Lipinski definition) is 0. The van der Waals surface area contributed by atoms with Crippen LogP contribution in [0, 0.1) is 0 Å². The van der Waals surface area contributed by atoms with Gasteiger partial charge in [0.15, 0.2) is 0 Å². The molecule has 3 amide bonds. The summed E-state index contributed by atoms with van der Waals surface area (Å²) in [6, 6.07) is 17.5. The van der Waals surface area contributed by atoms with Gasteiger partial charge in [0.25, 0.3) is 5.91 Å². The number of nitrogens with zero attached hydrogens (tertiary/aromatic N) is 3. The van der Waals surface area contributed by atoms with E-state index in [1.807, 2.05) is 40.1 Å². The third-order valence-corrected chi connectivity index (χ3v) is 6.12. The van der Waals surface area contributed by atoms with Gasteiger partial charge in [-0.15, -0.1) is 0 Å². The Bertz CT molecular complexity index is 919. The molecule has 31 heavy (non-hydrogen) atoms. The summed E-state index contributed by atoms with van der Waals surface area (Å²) in [5.41, 5.74) is 2.73. The van der Waals surface area contributed by atoms with Crippen molar-refractivity contribution in [2.45, 2.75) is 32.1 Å². The quantitative estimate of drug-likeness (QED) is 0.723. The summed E-state index contributed by atoms with van der Waals surface area (Å²) in [6.07, 6.45) is 3.77. The second-order valence-electron chi connectivity index (χ2n) is 8.21. The van der Waals surface area contributed by atoms with Crippen LogP contribution in [0.5, 0.6) is 0 Å². The van der Waals surface area contributed by atoms with E-state index in [1.165, 1.54) is 5.56 Å². The second kappa shape index (κ2) is 9.77. The minimum absolute atomic E-state index is 0.0181. The Morgan fingerprint density at radius 3 is 2.13 bits per heavy atom. The molecule has 2 saturated heterocycles. The maximum Gasteiger partial charge on any atom is 0.253 e. The fourth-order valence-corrected chi connectivity index (χ4v) is 4.29. The molecule has 2 aromatic rings. The van der Waals surface area contributed by atoms with Gasteiger partial charge in [-0.1, -0.05) is 30.3 Å². The van der Waals surface area contributed by atoms with E-state index < -0.39 is 0 Å². The van der Waals surface area contributed by atoms with Crippen molar-refractivity contribution in [3.63, 3.8) is 0 Å². The molecule has 0 bridgehead atoms. The molecule has 0 saturated carbocycles. The molecule has 0 aromatic heterocycles. The van der Waals surface area contributed by atoms with E-state index in [1.54, 1.807) is 17.0 Å². The Kier molecular flexibility index (Phi) is 6.65. The van der Waals surface area contributed by atoms with Crippen LogP contribution in [0.3, 0.4) is 0 Å². The Balaban J connectivity index is 1.24. The highest BCUT2D eigenvalue weighted by Gasteiger charge is 2.25. The topological polar surface area (TPSA) is 60.9 Å². The molecule has 0 atom stereocenters. The molecule has 2 aliphatic rings. The van der Waals surface area contributed by atoms with Crippen molar-refractivity contribution in [3.8, 4) is 0 Å². The zero-order valence-electron chi connectivity index (χ0n) is 17.8. The van der Waals surface area contributed by atoms with Crippen LogP contribution in [-0.2, 0) is 16.0 Å². The number of hydrogen-bond acceptors (Lipinski definition) is 3. The van der Waals surface area contributed by atoms with Crippen LogP contribution in [0.15, 0.2) is 54.6 Å². The summed E-state index contributed by atoms with van der Waals surface area (Å²) in [7, 11) is 0. The van der Waals surface area contributed by atoms with Gasteiger partial charge in [0.1, 0.15) is 0 Å². The first-order valence-corrected chi connectivity index (χ1v) is 11.1. The lowest BCUT2D eigenvalue weighted by atomic mass is 10.1. The van der Waals surface area contributed by atoms with Gasteiger partial charge in [0.05, 0.1) is 0 Å². The predicted octanol–water partition coefficient (Wildman–Crippen LogP) is 3.12. The van der Waals surface area contributed by atoms with E-state index >= 15 is 0 Å². The molecule has 162 valence electrons. The normalized spacial score (nSPS) is 16.6. The maximum atomic E-state index is 12.8. The van der Waals surface area contributed by atoms with Crippen molar-refractivity contribution in [2.75, 3.05) is 37.6 Å². The Morgan fingerprint density at radius 2 is 1.48 bits per heavy atom. The van der Waals surface area contributed by atoms with Crippen LogP contribution in [0.25, 0.3) is 0 Å². The van der Waals surface area contributed by atoms with Crippen LogP contribution in [-0.4, -0.2) is 60.2 Å². The van der Waals surface area contributed by atoms with E-state index in [-0.39, 0.29) is 17.7 Å². The van der Waals surface area contributed by atoms with E-state index in [0.717, 1.165) is 31.5 Å². The van der Waals surface area contributed by atoms with Gasteiger partial charge in [-0.25, -0.2) is 0 Å². The van der Waals surface area contributed by atoms with Crippen molar-refractivity contribution >= 4 is 23.4 Å². The number of carbonyl (C=O) groups is 3. The van der Waals surface area contributed by atoms with Crippen LogP contribution in [0.1, 0.15) is 41.6 Å². The number of benzene rings is 2. The van der Waals surface area contributed by atoms with Crippen LogP contribution in [0.2, 0.25) is 0 Å². The zero-order chi connectivity index (χ0) is 21.6. The number of carbonyl (C=O) groups excluding carboxylic acids is 3. The van der Waals surface area contributed by atoms with Gasteiger partial charge in [0, 0.05) is 56.8 Å². The van der Waals surface area contributed by atoms with Gasteiger partial charge < -0.3 is 14.7 Å². The third-order valence-electron chi connectivity index (χ3n) is 6.12. The molecule has 0 aliphatic carbocycles. The Morgan fingerprint density at radius 1 is 0.806 bits per heavy atom. The third kappa shape index (κ3) is 5.13. The molecular formula is C25H29N3O3. The number of aryl methyl sites for hydroxylation is 1. The molecule has 0 radical (unpaired) electrons. The van der Waals surface area contributed by atoms with Crippen molar-refractivity contribution in [1.29, 1.82) is 0 Å². The molecule has 6 heteroatoms. The molecule has 0 N–H and O–H groups in total. The van der Waals surface area contributed by atoms with Crippen molar-refractivity contribution in [2.24, 2.45) is 0 Å². The number of rotatable bonds is 6. The average Bonchev–Trinajstić information content (AvgIpc) is 3.25. The molecule has 2 fully saturated rings. The molecule has 4 rings (SSSR count). The number of piperazine rings is 1. The highest BCUT2D eigenvalue weighted by atomic mass is 16.2. The van der Waals surface area contributed by atoms with Crippen LogP contribution >= 0.6 is 0 Å². The largest absolute Gasteiger partial charge is 0.339 e. The first-order valence-electron chi connectivity index (χ1n) is 11.1. The van der Waals surface area contributed by atoms with E-state index in [0.29, 0.717) is 44.6 Å². The number of amides is 3. The average molecular weight is 420 g/mol. The second-order valence-corrected chi connectivity index (χ2v) is 8.21. The predicted molar refractivity (Wildman–Crippen MR) is 120 cm³/mol. The smallest absolute Gasteiger partial charge is 0.253 e. The fraction of sp³-hybridized carbons (Fsp3) is 0.400. The van der Waals surface area contributed by atoms with Gasteiger partial charge in [-0.3, -0.25) is 14.4 Å². The van der Waals surface area contributed by atoms with Gasteiger partial charge in [-0.05, 0) is 49.1 Å². The monoisotopic (exact) mass is 419 g/mol. The molecule has 2 heterocycles. The van der Waals surface area contributed by atoms with Gasteiger partial charge >= 0.3 is 0 Å². The SMILES string of the molecule is O=C(CCCc1ccccc1)N1CCN(C(=O)c2ccc(N3CCCC3=O)cc2)CC1. The first kappa shape index (κ1) is 21.1. The van der Waals surface area contributed by atoms with E-state index in [9.17, 15) is 14.4 Å². The highest BCUT2D eigenvalue weighted by molar-refractivity contribution is 5.97. The van der Waals surface area contributed by atoms with Crippen LogP contribution < -0.4 is 4.90 Å². The summed E-state index contributed by atoms with van der Waals surface area (Å²) in [6.45, 7) is 3.01. The summed E-state index contributed by atoms with van der Waals surface area (Å²) >= 11 is 0.